The third-order valence-electron chi connectivity index (χ3n) is 2.47. The van der Waals surface area contributed by atoms with E-state index in [0.717, 1.165) is 6.07 Å². The van der Waals surface area contributed by atoms with Gasteiger partial charge in [-0.25, -0.2) is 8.78 Å². The Kier molecular flexibility index (Phi) is 4.35. The molecule has 0 amide bonds. The summed E-state index contributed by atoms with van der Waals surface area (Å²) in [6.45, 7) is 3.62. The second-order valence-corrected chi connectivity index (χ2v) is 3.48. The van der Waals surface area contributed by atoms with E-state index in [9.17, 15) is 13.6 Å². The normalized spacial score (nSPS) is 11.6. The lowest BCUT2D eigenvalue weighted by Crippen LogP contribution is -2.08. The van der Waals surface area contributed by atoms with E-state index in [1.807, 2.05) is 6.92 Å². The first kappa shape index (κ1) is 12.6. The van der Waals surface area contributed by atoms with Crippen LogP contribution in [0.2, 0.25) is 0 Å². The lowest BCUT2D eigenvalue weighted by atomic mass is 10.0. The van der Waals surface area contributed by atoms with Crippen LogP contribution >= 0.6 is 0 Å². The highest BCUT2D eigenvalue weighted by Crippen LogP contribution is 2.14. The van der Waals surface area contributed by atoms with Gasteiger partial charge in [-0.15, -0.1) is 0 Å². The topological polar surface area (TPSA) is 17.1 Å². The molecule has 1 aromatic carbocycles. The molecule has 86 valence electrons. The van der Waals surface area contributed by atoms with Crippen molar-refractivity contribution in [1.82, 2.24) is 0 Å². The fraction of sp³-hybridized carbons (Fsp3) is 0.308. The van der Waals surface area contributed by atoms with Gasteiger partial charge in [-0.3, -0.25) is 4.79 Å². The van der Waals surface area contributed by atoms with Crippen LogP contribution in [0.3, 0.4) is 0 Å². The number of hydrogen-bond acceptors (Lipinski definition) is 1. The van der Waals surface area contributed by atoms with Crippen molar-refractivity contribution >= 4 is 5.78 Å². The van der Waals surface area contributed by atoms with Crippen molar-refractivity contribution in [2.24, 2.45) is 0 Å². The Balaban J connectivity index is 2.89. The zero-order valence-electron chi connectivity index (χ0n) is 9.39. The number of benzene rings is 1. The highest BCUT2D eigenvalue weighted by molar-refractivity contribution is 5.96. The summed E-state index contributed by atoms with van der Waals surface area (Å²) in [7, 11) is 0. The Morgan fingerprint density at radius 2 is 2.06 bits per heavy atom. The zero-order chi connectivity index (χ0) is 12.1. The number of carbonyl (C=O) groups is 1. The maximum absolute atomic E-state index is 13.3. The summed E-state index contributed by atoms with van der Waals surface area (Å²) in [6, 6.07) is 3.88. The van der Waals surface area contributed by atoms with Gasteiger partial charge in [-0.1, -0.05) is 25.1 Å². The van der Waals surface area contributed by atoms with Crippen molar-refractivity contribution in [3.63, 3.8) is 0 Å². The zero-order valence-corrected chi connectivity index (χ0v) is 9.39. The van der Waals surface area contributed by atoms with E-state index in [2.05, 4.69) is 0 Å². The molecule has 0 fully saturated rings. The lowest BCUT2D eigenvalue weighted by molar-refractivity contribution is -0.115. The number of carbonyl (C=O) groups excluding carboxylic acids is 1. The molecule has 0 unspecified atom stereocenters. The molecule has 0 saturated carbocycles. The lowest BCUT2D eigenvalue weighted by Gasteiger charge is -2.05. The summed E-state index contributed by atoms with van der Waals surface area (Å²) in [4.78, 5) is 11.7. The molecule has 0 radical (unpaired) electrons. The molecule has 0 aliphatic heterocycles. The Morgan fingerprint density at radius 3 is 2.62 bits per heavy atom. The minimum atomic E-state index is -0.928. The highest BCUT2D eigenvalue weighted by Gasteiger charge is 2.13. The molecular weight excluding hydrogens is 210 g/mol. The molecule has 0 heterocycles. The summed E-state index contributed by atoms with van der Waals surface area (Å²) in [6.07, 6.45) is 2.23. The maximum atomic E-state index is 13.3. The van der Waals surface area contributed by atoms with E-state index >= 15 is 0 Å². The number of rotatable bonds is 4. The van der Waals surface area contributed by atoms with Gasteiger partial charge in [-0.2, -0.15) is 0 Å². The second-order valence-electron chi connectivity index (χ2n) is 3.48. The summed E-state index contributed by atoms with van der Waals surface area (Å²) >= 11 is 0. The van der Waals surface area contributed by atoms with Crippen molar-refractivity contribution in [1.29, 1.82) is 0 Å². The summed E-state index contributed by atoms with van der Waals surface area (Å²) < 4.78 is 26.2. The average molecular weight is 224 g/mol. The van der Waals surface area contributed by atoms with E-state index in [-0.39, 0.29) is 17.8 Å². The summed E-state index contributed by atoms with van der Waals surface area (Å²) in [5.41, 5.74) is 0.751. The first-order chi connectivity index (χ1) is 7.60. The molecule has 0 bridgehead atoms. The van der Waals surface area contributed by atoms with Gasteiger partial charge in [0.2, 0.25) is 0 Å². The first-order valence-electron chi connectivity index (χ1n) is 5.21. The van der Waals surface area contributed by atoms with Crippen LogP contribution < -0.4 is 0 Å². The SMILES string of the molecule is C/C=C(/CC)C(=O)Cc1cccc(F)c1F. The van der Waals surface area contributed by atoms with Crippen LogP contribution in [0.5, 0.6) is 0 Å². The number of hydrogen-bond donors (Lipinski definition) is 0. The van der Waals surface area contributed by atoms with E-state index < -0.39 is 11.6 Å². The third kappa shape index (κ3) is 2.75. The largest absolute Gasteiger partial charge is 0.294 e. The molecule has 0 atom stereocenters. The Hall–Kier alpha value is -1.51. The minimum absolute atomic E-state index is 0.0862. The van der Waals surface area contributed by atoms with Crippen LogP contribution in [0, 0.1) is 11.6 Å². The molecular formula is C13H14F2O. The molecule has 0 saturated heterocycles. The van der Waals surface area contributed by atoms with Crippen molar-refractivity contribution in [2.75, 3.05) is 0 Å². The quantitative estimate of drug-likeness (QED) is 0.716. The van der Waals surface area contributed by atoms with Gasteiger partial charge in [0.05, 0.1) is 0 Å². The van der Waals surface area contributed by atoms with Gasteiger partial charge >= 0.3 is 0 Å². The molecule has 0 aliphatic rings. The molecule has 0 aromatic heterocycles. The fourth-order valence-corrected chi connectivity index (χ4v) is 1.53. The van der Waals surface area contributed by atoms with Crippen LogP contribution in [0.25, 0.3) is 0 Å². The van der Waals surface area contributed by atoms with Gasteiger partial charge in [-0.05, 0) is 30.5 Å². The molecule has 1 nitrogen and oxygen atoms in total. The Labute approximate surface area is 93.8 Å². The molecule has 1 rings (SSSR count). The van der Waals surface area contributed by atoms with Crippen molar-refractivity contribution < 1.29 is 13.6 Å². The van der Waals surface area contributed by atoms with Gasteiger partial charge in [0.1, 0.15) is 0 Å². The molecule has 16 heavy (non-hydrogen) atoms. The predicted molar refractivity (Wildman–Crippen MR) is 59.1 cm³/mol. The number of halogens is 2. The molecule has 0 aliphatic carbocycles. The highest BCUT2D eigenvalue weighted by atomic mass is 19.2. The Morgan fingerprint density at radius 1 is 1.38 bits per heavy atom. The predicted octanol–water partition coefficient (Wildman–Crippen LogP) is 3.43. The number of ketones is 1. The number of allylic oxidation sites excluding steroid dienone is 2. The Bertz CT molecular complexity index is 422. The van der Waals surface area contributed by atoms with Crippen molar-refractivity contribution in [2.45, 2.75) is 26.7 Å². The monoisotopic (exact) mass is 224 g/mol. The van der Waals surface area contributed by atoms with Crippen LogP contribution in [-0.2, 0) is 11.2 Å². The van der Waals surface area contributed by atoms with Crippen LogP contribution in [-0.4, -0.2) is 5.78 Å². The first-order valence-corrected chi connectivity index (χ1v) is 5.21. The van der Waals surface area contributed by atoms with Gasteiger partial charge in [0, 0.05) is 6.42 Å². The van der Waals surface area contributed by atoms with Crippen LogP contribution in [0.4, 0.5) is 8.78 Å². The van der Waals surface area contributed by atoms with E-state index in [0.29, 0.717) is 12.0 Å². The van der Waals surface area contributed by atoms with E-state index in [1.165, 1.54) is 12.1 Å². The summed E-state index contributed by atoms with van der Waals surface area (Å²) in [5, 5.41) is 0. The minimum Gasteiger partial charge on any atom is -0.294 e. The van der Waals surface area contributed by atoms with Gasteiger partial charge < -0.3 is 0 Å². The third-order valence-corrected chi connectivity index (χ3v) is 2.47. The average Bonchev–Trinajstić information content (AvgIpc) is 2.26. The summed E-state index contributed by atoms with van der Waals surface area (Å²) in [5.74, 6) is -2.00. The second kappa shape index (κ2) is 5.54. The maximum Gasteiger partial charge on any atom is 0.162 e. The van der Waals surface area contributed by atoms with Gasteiger partial charge in [0.25, 0.3) is 0 Å². The fourth-order valence-electron chi connectivity index (χ4n) is 1.53. The standard InChI is InChI=1S/C13H14F2O/c1-3-9(4-2)12(16)8-10-6-5-7-11(14)13(10)15/h3,5-7H,4,8H2,1-2H3/b9-3-. The number of Topliss-reactive ketones (excluding diaryl/α,β-unsaturated/α-hetero) is 1. The molecule has 0 N–H and O–H groups in total. The van der Waals surface area contributed by atoms with E-state index in [4.69, 9.17) is 0 Å². The van der Waals surface area contributed by atoms with Crippen molar-refractivity contribution in [3.8, 4) is 0 Å². The van der Waals surface area contributed by atoms with Crippen LogP contribution in [0.1, 0.15) is 25.8 Å². The smallest absolute Gasteiger partial charge is 0.162 e. The van der Waals surface area contributed by atoms with Gasteiger partial charge in [0.15, 0.2) is 17.4 Å². The van der Waals surface area contributed by atoms with E-state index in [1.54, 1.807) is 13.0 Å². The molecule has 0 spiro atoms. The molecule has 1 aromatic rings. The molecule has 3 heteroatoms. The van der Waals surface area contributed by atoms with Crippen LogP contribution in [0.15, 0.2) is 29.8 Å². The van der Waals surface area contributed by atoms with Crippen molar-refractivity contribution in [3.05, 3.63) is 47.0 Å².